The molecule has 2 heterocycles. The third kappa shape index (κ3) is 3.06. The number of piperazine rings is 1. The second-order valence-corrected chi connectivity index (χ2v) is 6.03. The van der Waals surface area contributed by atoms with Crippen LogP contribution in [0.25, 0.3) is 0 Å². The number of nitrogens with one attached hydrogen (secondary N) is 1. The van der Waals surface area contributed by atoms with Crippen LogP contribution >= 0.6 is 8.86 Å². The van der Waals surface area contributed by atoms with Crippen LogP contribution < -0.4 is 20.9 Å². The third-order valence-corrected chi connectivity index (χ3v) is 4.51. The number of benzene rings is 1. The molecule has 0 aromatic heterocycles. The number of nitrogens with zero attached hydrogens (tertiary/aromatic N) is 2. The molecular formula is C15H23N4OP. The molecule has 0 radical (unpaired) electrons. The van der Waals surface area contributed by atoms with Crippen LogP contribution in [0.4, 0.5) is 11.4 Å². The predicted molar refractivity (Wildman–Crippen MR) is 90.9 cm³/mol. The van der Waals surface area contributed by atoms with Gasteiger partial charge in [-0.3, -0.25) is 0 Å². The van der Waals surface area contributed by atoms with Crippen molar-refractivity contribution in [2.24, 2.45) is 5.73 Å². The van der Waals surface area contributed by atoms with Crippen molar-refractivity contribution in [2.45, 2.75) is 13.0 Å². The van der Waals surface area contributed by atoms with Gasteiger partial charge in [0.25, 0.3) is 0 Å². The third-order valence-electron chi connectivity index (χ3n) is 4.12. The van der Waals surface area contributed by atoms with Crippen LogP contribution in [0.1, 0.15) is 5.56 Å². The van der Waals surface area contributed by atoms with E-state index in [1.54, 1.807) is 0 Å². The lowest BCUT2D eigenvalue weighted by Gasteiger charge is -2.31. The summed E-state index contributed by atoms with van der Waals surface area (Å²) in [6.45, 7) is 7.74. The zero-order valence-corrected chi connectivity index (χ0v) is 13.4. The van der Waals surface area contributed by atoms with Gasteiger partial charge in [0.2, 0.25) is 0 Å². The predicted octanol–water partition coefficient (Wildman–Crippen LogP) is 0.799. The van der Waals surface area contributed by atoms with E-state index in [1.165, 1.54) is 11.3 Å². The first-order chi connectivity index (χ1) is 10.2. The van der Waals surface area contributed by atoms with Crippen molar-refractivity contribution < 1.29 is 4.74 Å². The lowest BCUT2D eigenvalue weighted by Crippen LogP contribution is -2.43. The summed E-state index contributed by atoms with van der Waals surface area (Å²) in [5.74, 6) is 0. The molecule has 1 unspecified atom stereocenters. The van der Waals surface area contributed by atoms with Crippen molar-refractivity contribution in [3.63, 3.8) is 0 Å². The molecule has 0 spiro atoms. The Morgan fingerprint density at radius 3 is 2.76 bits per heavy atom. The highest BCUT2D eigenvalue weighted by molar-refractivity contribution is 7.21. The standard InChI is InChI=1S/C15H23N4OP/c1-11-8-12(19-10-13(9-16)20-15(19)21)2-3-14(11)18-6-4-17-5-7-18/h2-3,8,13,17,21H,4-7,9-10,16H2,1H3. The van der Waals surface area contributed by atoms with Crippen LogP contribution in [0.3, 0.4) is 0 Å². The molecule has 2 fully saturated rings. The van der Waals surface area contributed by atoms with Crippen LogP contribution in [0.15, 0.2) is 18.2 Å². The van der Waals surface area contributed by atoms with E-state index in [2.05, 4.69) is 49.1 Å². The summed E-state index contributed by atoms with van der Waals surface area (Å²) in [4.78, 5) is 4.57. The molecule has 6 heteroatoms. The van der Waals surface area contributed by atoms with Crippen molar-refractivity contribution in [1.82, 2.24) is 5.32 Å². The molecule has 1 atom stereocenters. The van der Waals surface area contributed by atoms with Gasteiger partial charge >= 0.3 is 0 Å². The zero-order chi connectivity index (χ0) is 14.8. The van der Waals surface area contributed by atoms with Gasteiger partial charge in [0.15, 0.2) is 5.60 Å². The average Bonchev–Trinajstić information content (AvgIpc) is 2.89. The van der Waals surface area contributed by atoms with Gasteiger partial charge in [-0.15, -0.1) is 0 Å². The molecular weight excluding hydrogens is 283 g/mol. The summed E-state index contributed by atoms with van der Waals surface area (Å²) in [6, 6.07) is 6.60. The monoisotopic (exact) mass is 306 g/mol. The molecule has 2 aliphatic rings. The number of ether oxygens (including phenoxy) is 1. The second kappa shape index (κ2) is 6.32. The van der Waals surface area contributed by atoms with Crippen molar-refractivity contribution >= 4 is 25.8 Å². The van der Waals surface area contributed by atoms with Crippen LogP contribution in [0, 0.1) is 6.92 Å². The number of nitrogens with two attached hydrogens (primary N) is 1. The van der Waals surface area contributed by atoms with Crippen molar-refractivity contribution in [2.75, 3.05) is 49.1 Å². The smallest absolute Gasteiger partial charge is 0.167 e. The van der Waals surface area contributed by atoms with E-state index in [0.29, 0.717) is 6.54 Å². The first-order valence-electron chi connectivity index (χ1n) is 7.48. The lowest BCUT2D eigenvalue weighted by molar-refractivity contribution is 0.244. The van der Waals surface area contributed by atoms with Crippen molar-refractivity contribution in [3.8, 4) is 0 Å². The molecule has 0 bridgehead atoms. The Labute approximate surface area is 128 Å². The lowest BCUT2D eigenvalue weighted by atomic mass is 10.1. The van der Waals surface area contributed by atoms with Gasteiger partial charge in [0.1, 0.15) is 0 Å². The van der Waals surface area contributed by atoms with E-state index < -0.39 is 0 Å². The van der Waals surface area contributed by atoms with Crippen LogP contribution in [-0.4, -0.2) is 51.0 Å². The largest absolute Gasteiger partial charge is 0.369 e. The normalized spacial score (nSPS) is 23.0. The molecule has 21 heavy (non-hydrogen) atoms. The SMILES string of the molecule is Cc1cc(N2CC(CN)OC2=P)ccc1N1CCNCC1. The van der Waals surface area contributed by atoms with Gasteiger partial charge in [0, 0.05) is 44.1 Å². The van der Waals surface area contributed by atoms with Gasteiger partial charge in [-0.2, -0.15) is 0 Å². The summed E-state index contributed by atoms with van der Waals surface area (Å²) < 4.78 is 5.68. The Hall–Kier alpha value is -1.13. The molecule has 114 valence electrons. The van der Waals surface area contributed by atoms with Crippen molar-refractivity contribution in [3.05, 3.63) is 23.8 Å². The summed E-state index contributed by atoms with van der Waals surface area (Å²) in [6.07, 6.45) is 0.0608. The van der Waals surface area contributed by atoms with Gasteiger partial charge in [-0.1, -0.05) is 8.86 Å². The van der Waals surface area contributed by atoms with Gasteiger partial charge in [-0.25, -0.2) is 0 Å². The zero-order valence-electron chi connectivity index (χ0n) is 12.4. The van der Waals surface area contributed by atoms with E-state index in [-0.39, 0.29) is 6.10 Å². The Morgan fingerprint density at radius 1 is 1.38 bits per heavy atom. The molecule has 1 aromatic rings. The quantitative estimate of drug-likeness (QED) is 0.809. The number of aryl methyl sites for hydroxylation is 1. The van der Waals surface area contributed by atoms with Gasteiger partial charge in [-0.05, 0) is 30.7 Å². The molecule has 2 aliphatic heterocycles. The highest BCUT2D eigenvalue weighted by Gasteiger charge is 2.27. The fourth-order valence-electron chi connectivity index (χ4n) is 2.96. The highest BCUT2D eigenvalue weighted by Crippen LogP contribution is 2.28. The number of hydrogen-bond acceptors (Lipinski definition) is 4. The average molecular weight is 306 g/mol. The molecule has 0 aliphatic carbocycles. The molecule has 3 N–H and O–H groups in total. The van der Waals surface area contributed by atoms with Gasteiger partial charge in [0.05, 0.1) is 12.6 Å². The minimum atomic E-state index is 0.0608. The van der Waals surface area contributed by atoms with E-state index in [4.69, 9.17) is 10.5 Å². The Balaban J connectivity index is 1.79. The number of anilines is 2. The van der Waals surface area contributed by atoms with E-state index in [9.17, 15) is 0 Å². The summed E-state index contributed by atoms with van der Waals surface area (Å²) in [5, 5.41) is 3.39. The Kier molecular flexibility index (Phi) is 4.45. The maximum atomic E-state index is 5.69. The minimum absolute atomic E-state index is 0.0608. The van der Waals surface area contributed by atoms with E-state index >= 15 is 0 Å². The van der Waals surface area contributed by atoms with Crippen LogP contribution in [0.2, 0.25) is 0 Å². The molecule has 0 amide bonds. The highest BCUT2D eigenvalue weighted by atomic mass is 31.0. The first kappa shape index (κ1) is 14.8. The van der Waals surface area contributed by atoms with Crippen molar-refractivity contribution in [1.29, 1.82) is 0 Å². The Morgan fingerprint density at radius 2 is 2.14 bits per heavy atom. The summed E-state index contributed by atoms with van der Waals surface area (Å²) in [5.41, 5.74) is 10.2. The molecule has 3 rings (SSSR count). The number of hydrogen-bond donors (Lipinski definition) is 2. The fraction of sp³-hybridized carbons (Fsp3) is 0.533. The summed E-state index contributed by atoms with van der Waals surface area (Å²) in [7, 11) is 3.54. The van der Waals surface area contributed by atoms with E-state index in [0.717, 1.165) is 44.0 Å². The first-order valence-corrected chi connectivity index (χ1v) is 7.98. The second-order valence-electron chi connectivity index (χ2n) is 5.60. The molecule has 2 saturated heterocycles. The topological polar surface area (TPSA) is 53.8 Å². The van der Waals surface area contributed by atoms with E-state index in [1.807, 2.05) is 0 Å². The number of rotatable bonds is 3. The molecule has 5 nitrogen and oxygen atoms in total. The fourth-order valence-corrected chi connectivity index (χ4v) is 3.35. The molecule has 0 saturated carbocycles. The van der Waals surface area contributed by atoms with Crippen LogP contribution in [0.5, 0.6) is 0 Å². The minimum Gasteiger partial charge on any atom is -0.369 e. The Bertz CT molecular complexity index is 530. The summed E-state index contributed by atoms with van der Waals surface area (Å²) >= 11 is 0. The van der Waals surface area contributed by atoms with Crippen LogP contribution in [-0.2, 0) is 4.74 Å². The maximum Gasteiger partial charge on any atom is 0.167 e. The maximum absolute atomic E-state index is 5.69. The molecule has 1 aromatic carbocycles. The van der Waals surface area contributed by atoms with Gasteiger partial charge < -0.3 is 25.6 Å².